The predicted molar refractivity (Wildman–Crippen MR) is 97.2 cm³/mol. The summed E-state index contributed by atoms with van der Waals surface area (Å²) in [5, 5.41) is 8.43. The molecular formula is C14H20N5O4PS. The van der Waals surface area contributed by atoms with Crippen molar-refractivity contribution in [1.29, 1.82) is 0 Å². The van der Waals surface area contributed by atoms with Crippen LogP contribution in [0.5, 0.6) is 0 Å². The van der Waals surface area contributed by atoms with Gasteiger partial charge in [0.15, 0.2) is 5.82 Å². The molecule has 1 aliphatic heterocycles. The molecule has 0 spiro atoms. The number of imidazole rings is 1. The molecule has 3 heterocycles. The van der Waals surface area contributed by atoms with Crippen molar-refractivity contribution in [2.75, 3.05) is 26.2 Å². The van der Waals surface area contributed by atoms with Crippen molar-refractivity contribution in [2.24, 2.45) is 0 Å². The van der Waals surface area contributed by atoms with Crippen molar-refractivity contribution in [3.8, 4) is 11.5 Å². The van der Waals surface area contributed by atoms with Crippen molar-refractivity contribution >= 4 is 30.2 Å². The molecule has 4 rings (SSSR count). The fourth-order valence-corrected chi connectivity index (χ4v) is 2.54. The third-order valence-electron chi connectivity index (χ3n) is 3.02. The zero-order valence-electron chi connectivity index (χ0n) is 13.3. The lowest BCUT2D eigenvalue weighted by Gasteiger charge is -2.11. The largest absolute Gasteiger partial charge is 0.466 e. The van der Waals surface area contributed by atoms with Gasteiger partial charge < -0.3 is 30.3 Å². The second-order valence-corrected chi connectivity index (χ2v) is 6.73. The van der Waals surface area contributed by atoms with Crippen LogP contribution in [-0.4, -0.2) is 55.8 Å². The maximum atomic E-state index is 8.88. The second-order valence-electron chi connectivity index (χ2n) is 4.99. The van der Waals surface area contributed by atoms with E-state index >= 15 is 0 Å². The molecule has 0 bridgehead atoms. The summed E-state index contributed by atoms with van der Waals surface area (Å²) in [4.78, 5) is 33.4. The molecule has 9 nitrogen and oxygen atoms in total. The van der Waals surface area contributed by atoms with E-state index in [1.165, 1.54) is 0 Å². The van der Waals surface area contributed by atoms with E-state index in [1.807, 2.05) is 35.2 Å². The molecule has 6 N–H and O–H groups in total. The molecule has 0 radical (unpaired) electrons. The van der Waals surface area contributed by atoms with Crippen LogP contribution in [0, 0.1) is 0 Å². The minimum Gasteiger partial charge on any atom is -0.337 e. The summed E-state index contributed by atoms with van der Waals surface area (Å²) in [6.07, 6.45) is 0. The molecule has 0 atom stereocenters. The number of hydrogen-bond acceptors (Lipinski definition) is 6. The highest BCUT2D eigenvalue weighted by atomic mass is 32.1. The quantitative estimate of drug-likeness (QED) is 0.340. The van der Waals surface area contributed by atoms with E-state index in [2.05, 4.69) is 25.6 Å². The third-order valence-corrected chi connectivity index (χ3v) is 3.61. The van der Waals surface area contributed by atoms with Crippen LogP contribution in [0.2, 0.25) is 0 Å². The standard InChI is InChI=1S/C10H7N3S.C4H10N2.H3O4P/c1-2-4-8-7(3-1)12-10(13-8)9-5-14-6-11-9;1-2-6-4-3-5-1;1-5(2,3)4/h1-6H,(H,12,13);5-6H,1-4H2;(H3,1,2,3,4). The van der Waals surface area contributed by atoms with E-state index in [1.54, 1.807) is 11.3 Å². The van der Waals surface area contributed by atoms with Gasteiger partial charge in [-0.15, -0.1) is 11.3 Å². The van der Waals surface area contributed by atoms with Gasteiger partial charge in [0.05, 0.1) is 16.5 Å². The highest BCUT2D eigenvalue weighted by Gasteiger charge is 2.05. The number of rotatable bonds is 1. The average molecular weight is 385 g/mol. The fourth-order valence-electron chi connectivity index (χ4n) is 2.01. The van der Waals surface area contributed by atoms with Gasteiger partial charge in [-0.25, -0.2) is 14.5 Å². The van der Waals surface area contributed by atoms with Crippen molar-refractivity contribution in [3.63, 3.8) is 0 Å². The Morgan fingerprint density at radius 1 is 1.04 bits per heavy atom. The highest BCUT2D eigenvalue weighted by Crippen LogP contribution is 2.25. The Kier molecular flexibility index (Phi) is 7.66. The molecule has 0 saturated carbocycles. The van der Waals surface area contributed by atoms with Crippen molar-refractivity contribution in [2.45, 2.75) is 0 Å². The van der Waals surface area contributed by atoms with Crippen LogP contribution in [0.4, 0.5) is 0 Å². The number of H-pyrrole nitrogens is 1. The van der Waals surface area contributed by atoms with E-state index in [0.29, 0.717) is 0 Å². The number of aromatic amines is 1. The molecule has 1 aromatic carbocycles. The Labute approximate surface area is 148 Å². The van der Waals surface area contributed by atoms with Gasteiger partial charge in [0.2, 0.25) is 0 Å². The number of nitrogens with one attached hydrogen (secondary N) is 3. The molecule has 1 fully saturated rings. The SMILES string of the molecule is C1CNCCN1.O=P(O)(O)O.c1ccc2[nH]c(-c3cscn3)nc2c1. The summed E-state index contributed by atoms with van der Waals surface area (Å²) >= 11 is 1.57. The number of hydrogen-bond donors (Lipinski definition) is 6. The fraction of sp³-hybridized carbons (Fsp3) is 0.286. The Morgan fingerprint density at radius 3 is 2.12 bits per heavy atom. The number of aromatic nitrogens is 3. The van der Waals surface area contributed by atoms with Crippen molar-refractivity contribution in [1.82, 2.24) is 25.6 Å². The molecule has 11 heteroatoms. The van der Waals surface area contributed by atoms with Gasteiger partial charge in [-0.3, -0.25) is 0 Å². The van der Waals surface area contributed by atoms with Crippen LogP contribution in [0.25, 0.3) is 22.6 Å². The summed E-state index contributed by atoms with van der Waals surface area (Å²) in [6.45, 7) is 4.56. The Bertz CT molecular complexity index is 748. The first kappa shape index (κ1) is 19.7. The summed E-state index contributed by atoms with van der Waals surface area (Å²) in [5.74, 6) is 0.840. The van der Waals surface area contributed by atoms with E-state index in [9.17, 15) is 0 Å². The number of nitrogens with zero attached hydrogens (tertiary/aromatic N) is 2. The lowest BCUT2D eigenvalue weighted by molar-refractivity contribution is 0.275. The topological polar surface area (TPSA) is 143 Å². The maximum absolute atomic E-state index is 8.88. The molecule has 1 saturated heterocycles. The number of fused-ring (bicyclic) bond motifs is 1. The molecule has 0 unspecified atom stereocenters. The maximum Gasteiger partial charge on any atom is 0.466 e. The van der Waals surface area contributed by atoms with Gasteiger partial charge in [-0.1, -0.05) is 12.1 Å². The van der Waals surface area contributed by atoms with Gasteiger partial charge in [0, 0.05) is 31.6 Å². The molecule has 1 aliphatic rings. The van der Waals surface area contributed by atoms with Gasteiger partial charge >= 0.3 is 7.82 Å². The van der Waals surface area contributed by atoms with Crippen LogP contribution in [0.3, 0.4) is 0 Å². The van der Waals surface area contributed by atoms with Crippen molar-refractivity contribution < 1.29 is 19.2 Å². The first-order valence-corrected chi connectivity index (χ1v) is 9.97. The van der Waals surface area contributed by atoms with Gasteiger partial charge in [-0.2, -0.15) is 0 Å². The second kappa shape index (κ2) is 9.73. The van der Waals surface area contributed by atoms with Crippen molar-refractivity contribution in [3.05, 3.63) is 35.2 Å². The zero-order valence-corrected chi connectivity index (χ0v) is 15.0. The molecule has 25 heavy (non-hydrogen) atoms. The number of para-hydroxylation sites is 2. The molecule has 3 aromatic rings. The van der Waals surface area contributed by atoms with Gasteiger partial charge in [0.1, 0.15) is 5.69 Å². The first-order valence-electron chi connectivity index (χ1n) is 7.46. The van der Waals surface area contributed by atoms with Gasteiger partial charge in [-0.05, 0) is 12.1 Å². The van der Waals surface area contributed by atoms with Crippen LogP contribution in [0.1, 0.15) is 0 Å². The number of piperazine rings is 1. The van der Waals surface area contributed by atoms with Crippen LogP contribution < -0.4 is 10.6 Å². The first-order chi connectivity index (χ1) is 11.9. The van der Waals surface area contributed by atoms with E-state index in [-0.39, 0.29) is 0 Å². The summed E-state index contributed by atoms with van der Waals surface area (Å²) < 4.78 is 8.88. The number of thiazole rings is 1. The minimum atomic E-state index is -4.64. The summed E-state index contributed by atoms with van der Waals surface area (Å²) in [5.41, 5.74) is 4.75. The average Bonchev–Trinajstić information content (AvgIpc) is 3.25. The number of benzene rings is 1. The Morgan fingerprint density at radius 2 is 1.64 bits per heavy atom. The molecule has 0 aliphatic carbocycles. The lowest BCUT2D eigenvalue weighted by atomic mass is 10.3. The molecule has 2 aromatic heterocycles. The van der Waals surface area contributed by atoms with Crippen LogP contribution >= 0.6 is 19.2 Å². The van der Waals surface area contributed by atoms with Crippen LogP contribution in [-0.2, 0) is 4.57 Å². The van der Waals surface area contributed by atoms with E-state index in [0.717, 1.165) is 48.7 Å². The highest BCUT2D eigenvalue weighted by molar-refractivity contribution is 7.45. The minimum absolute atomic E-state index is 0.840. The molecule has 0 amide bonds. The third kappa shape index (κ3) is 7.84. The van der Waals surface area contributed by atoms with E-state index in [4.69, 9.17) is 19.2 Å². The Balaban J connectivity index is 0.000000171. The zero-order chi connectivity index (χ0) is 18.1. The lowest BCUT2D eigenvalue weighted by Crippen LogP contribution is -2.39. The summed E-state index contributed by atoms with van der Waals surface area (Å²) in [6, 6.07) is 7.97. The van der Waals surface area contributed by atoms with Crippen LogP contribution in [0.15, 0.2) is 35.2 Å². The predicted octanol–water partition coefficient (Wildman–Crippen LogP) is 0.937. The number of phosphoric acid groups is 1. The monoisotopic (exact) mass is 385 g/mol. The van der Waals surface area contributed by atoms with E-state index < -0.39 is 7.82 Å². The summed E-state index contributed by atoms with van der Waals surface area (Å²) in [7, 11) is -4.64. The molecule has 136 valence electrons. The molecular weight excluding hydrogens is 365 g/mol. The Hall–Kier alpha value is -1.65. The van der Waals surface area contributed by atoms with Gasteiger partial charge in [0.25, 0.3) is 0 Å². The smallest absolute Gasteiger partial charge is 0.337 e. The normalized spacial score (nSPS) is 14.2.